The zero-order chi connectivity index (χ0) is 10.0. The fraction of sp³-hybridized carbons (Fsp3) is 0.143. The van der Waals surface area contributed by atoms with E-state index in [1.807, 2.05) is 0 Å². The molecule has 0 bridgehead atoms. The molecule has 0 aliphatic carbocycles. The van der Waals surface area contributed by atoms with Gasteiger partial charge in [-0.2, -0.15) is 0 Å². The van der Waals surface area contributed by atoms with Gasteiger partial charge in [0.1, 0.15) is 11.4 Å². The van der Waals surface area contributed by atoms with Gasteiger partial charge in [-0.25, -0.2) is 4.98 Å². The van der Waals surface area contributed by atoms with Gasteiger partial charge in [0.15, 0.2) is 0 Å². The number of carboxylic acids is 2. The Labute approximate surface area is 171 Å². The second-order valence-electron chi connectivity index (χ2n) is 2.28. The fourth-order valence-electron chi connectivity index (χ4n) is 0.769. The predicted octanol–water partition coefficient (Wildman–Crippen LogP) is -8.48. The SMILES string of the molecule is Cc1cnc(C(=O)[O-])c(C(=O)[O-])n1.[K+].[K+]. The minimum absolute atomic E-state index is 0. The number of carboxylic acid groups (broad SMARTS) is 2. The molecule has 1 heterocycles. The zero-order valence-electron chi connectivity index (χ0n) is 8.60. The number of rotatable bonds is 2. The summed E-state index contributed by atoms with van der Waals surface area (Å²) in [5.41, 5.74) is -1.13. The molecular weight excluding hydrogens is 254 g/mol. The summed E-state index contributed by atoms with van der Waals surface area (Å²) >= 11 is 0. The number of hydrogen-bond donors (Lipinski definition) is 0. The maximum Gasteiger partial charge on any atom is 1.00 e. The van der Waals surface area contributed by atoms with E-state index in [1.54, 1.807) is 0 Å². The van der Waals surface area contributed by atoms with Crippen LogP contribution in [0.1, 0.15) is 26.7 Å². The van der Waals surface area contributed by atoms with Gasteiger partial charge >= 0.3 is 103 Å². The van der Waals surface area contributed by atoms with Gasteiger partial charge in [-0.15, -0.1) is 0 Å². The van der Waals surface area contributed by atoms with Crippen LogP contribution in [0.15, 0.2) is 6.20 Å². The Bertz CT molecular complexity index is 383. The van der Waals surface area contributed by atoms with Crippen LogP contribution in [0.2, 0.25) is 0 Å². The second kappa shape index (κ2) is 8.39. The van der Waals surface area contributed by atoms with E-state index in [9.17, 15) is 19.8 Å². The molecule has 0 aromatic carbocycles. The van der Waals surface area contributed by atoms with E-state index < -0.39 is 23.3 Å². The van der Waals surface area contributed by atoms with E-state index in [1.165, 1.54) is 6.92 Å². The van der Waals surface area contributed by atoms with Crippen molar-refractivity contribution in [2.24, 2.45) is 0 Å². The van der Waals surface area contributed by atoms with Crippen LogP contribution in [0.25, 0.3) is 0 Å². The minimum atomic E-state index is -1.69. The van der Waals surface area contributed by atoms with Crippen molar-refractivity contribution in [3.8, 4) is 0 Å². The Morgan fingerprint density at radius 2 is 1.60 bits per heavy atom. The molecule has 0 aliphatic rings. The first-order valence-corrected chi connectivity index (χ1v) is 3.28. The number of nitrogens with zero attached hydrogens (tertiary/aromatic N) is 2. The van der Waals surface area contributed by atoms with Crippen LogP contribution in [-0.2, 0) is 0 Å². The monoisotopic (exact) mass is 258 g/mol. The van der Waals surface area contributed by atoms with E-state index in [0.29, 0.717) is 5.69 Å². The van der Waals surface area contributed by atoms with Gasteiger partial charge in [-0.3, -0.25) is 4.98 Å². The second-order valence-corrected chi connectivity index (χ2v) is 2.28. The van der Waals surface area contributed by atoms with Crippen molar-refractivity contribution >= 4 is 11.9 Å². The van der Waals surface area contributed by atoms with Crippen molar-refractivity contribution in [3.63, 3.8) is 0 Å². The van der Waals surface area contributed by atoms with E-state index >= 15 is 0 Å². The van der Waals surface area contributed by atoms with E-state index in [0.717, 1.165) is 6.20 Å². The average molecular weight is 258 g/mol. The molecule has 0 atom stereocenters. The Morgan fingerprint density at radius 3 is 2.00 bits per heavy atom. The van der Waals surface area contributed by atoms with Crippen LogP contribution in [0.3, 0.4) is 0 Å². The number of aromatic carboxylic acids is 2. The van der Waals surface area contributed by atoms with Crippen molar-refractivity contribution in [3.05, 3.63) is 23.3 Å². The maximum absolute atomic E-state index is 10.4. The predicted molar refractivity (Wildman–Crippen MR) is 35.4 cm³/mol. The van der Waals surface area contributed by atoms with Crippen LogP contribution in [0.5, 0.6) is 0 Å². The Hall–Kier alpha value is 1.29. The first kappa shape index (κ1) is 18.7. The Kier molecular flexibility index (Phi) is 10.4. The van der Waals surface area contributed by atoms with Gasteiger partial charge < -0.3 is 19.8 Å². The molecule has 0 spiro atoms. The van der Waals surface area contributed by atoms with Gasteiger partial charge in [-0.1, -0.05) is 0 Å². The van der Waals surface area contributed by atoms with Crippen LogP contribution in [-0.4, -0.2) is 21.9 Å². The summed E-state index contributed by atoms with van der Waals surface area (Å²) in [6.07, 6.45) is 1.14. The average Bonchev–Trinajstić information content (AvgIpc) is 2.03. The smallest absolute Gasteiger partial charge is 0.543 e. The molecule has 68 valence electrons. The molecule has 0 N–H and O–H groups in total. The van der Waals surface area contributed by atoms with Gasteiger partial charge in [0.25, 0.3) is 0 Å². The number of aryl methyl sites for hydroxylation is 1. The van der Waals surface area contributed by atoms with Crippen molar-refractivity contribution in [1.29, 1.82) is 0 Å². The molecule has 1 aromatic heterocycles. The fourth-order valence-corrected chi connectivity index (χ4v) is 0.769. The largest absolute Gasteiger partial charge is 1.00 e. The maximum atomic E-state index is 10.4. The van der Waals surface area contributed by atoms with Crippen molar-refractivity contribution < 1.29 is 123 Å². The van der Waals surface area contributed by atoms with Crippen molar-refractivity contribution in [2.45, 2.75) is 6.92 Å². The normalized spacial score (nSPS) is 8.33. The molecule has 0 radical (unpaired) electrons. The van der Waals surface area contributed by atoms with Crippen molar-refractivity contribution in [1.82, 2.24) is 9.97 Å². The van der Waals surface area contributed by atoms with Gasteiger partial charge in [0, 0.05) is 6.20 Å². The first-order valence-electron chi connectivity index (χ1n) is 3.28. The van der Waals surface area contributed by atoms with Crippen molar-refractivity contribution in [2.75, 3.05) is 0 Å². The summed E-state index contributed by atoms with van der Waals surface area (Å²) in [5, 5.41) is 20.7. The molecule has 1 rings (SSSR count). The molecule has 1 aromatic rings. The number of aromatic nitrogens is 2. The minimum Gasteiger partial charge on any atom is -0.543 e. The molecule has 0 fully saturated rings. The van der Waals surface area contributed by atoms with Crippen LogP contribution in [0.4, 0.5) is 0 Å². The summed E-state index contributed by atoms with van der Waals surface area (Å²) in [6, 6.07) is 0. The Balaban J connectivity index is 0. The van der Waals surface area contributed by atoms with Gasteiger partial charge in [0.05, 0.1) is 17.6 Å². The summed E-state index contributed by atoms with van der Waals surface area (Å²) in [4.78, 5) is 27.5. The van der Waals surface area contributed by atoms with E-state index in [4.69, 9.17) is 0 Å². The summed E-state index contributed by atoms with van der Waals surface area (Å²) < 4.78 is 0. The summed E-state index contributed by atoms with van der Waals surface area (Å²) in [6.45, 7) is 1.48. The quantitative estimate of drug-likeness (QED) is 0.488. The third-order valence-corrected chi connectivity index (χ3v) is 1.28. The molecule has 8 heteroatoms. The Morgan fingerprint density at radius 1 is 1.13 bits per heavy atom. The molecule has 0 unspecified atom stereocenters. The first-order chi connectivity index (χ1) is 6.02. The molecule has 6 nitrogen and oxygen atoms in total. The van der Waals surface area contributed by atoms with Gasteiger partial charge in [-0.05, 0) is 6.92 Å². The molecule has 15 heavy (non-hydrogen) atoms. The zero-order valence-corrected chi connectivity index (χ0v) is 14.9. The van der Waals surface area contributed by atoms with E-state index in [-0.39, 0.29) is 103 Å². The number of hydrogen-bond acceptors (Lipinski definition) is 6. The third kappa shape index (κ3) is 5.44. The van der Waals surface area contributed by atoms with Crippen LogP contribution < -0.4 is 113 Å². The molecule has 0 aliphatic heterocycles. The third-order valence-electron chi connectivity index (χ3n) is 1.28. The number of carbonyl (C=O) groups is 2. The van der Waals surface area contributed by atoms with Crippen LogP contribution in [0, 0.1) is 6.92 Å². The molecular formula is C7H4K2N2O4. The summed E-state index contributed by atoms with van der Waals surface area (Å²) in [7, 11) is 0. The van der Waals surface area contributed by atoms with Crippen LogP contribution >= 0.6 is 0 Å². The topological polar surface area (TPSA) is 106 Å². The van der Waals surface area contributed by atoms with Gasteiger partial charge in [0.2, 0.25) is 0 Å². The van der Waals surface area contributed by atoms with E-state index in [2.05, 4.69) is 9.97 Å². The molecule has 0 saturated heterocycles. The molecule has 0 amide bonds. The standard InChI is InChI=1S/C7H6N2O4.2K/c1-3-2-8-4(6(10)11)5(9-3)7(12)13;;/h2H,1H3,(H,10,11)(H,12,13);;/q;2*+1/p-2. The summed E-state index contributed by atoms with van der Waals surface area (Å²) in [5.74, 6) is -3.37. The number of carbonyl (C=O) groups excluding carboxylic acids is 2. The molecule has 0 saturated carbocycles.